The number of hydrogen-bond donors (Lipinski definition) is 2. The lowest BCUT2D eigenvalue weighted by Gasteiger charge is -2.21. The molecule has 0 unspecified atom stereocenters. The number of hydrogen-bond acceptors (Lipinski definition) is 4. The van der Waals surface area contributed by atoms with Crippen LogP contribution in [0.5, 0.6) is 0 Å². The molecule has 1 heterocycles. The lowest BCUT2D eigenvalue weighted by atomic mass is 9.85. The first-order chi connectivity index (χ1) is 10.1. The average Bonchev–Trinajstić information content (AvgIpc) is 2.49. The maximum atomic E-state index is 6.18. The summed E-state index contributed by atoms with van der Waals surface area (Å²) in [6, 6.07) is 4.18. The van der Waals surface area contributed by atoms with Crippen LogP contribution in [0, 0.1) is 5.92 Å². The van der Waals surface area contributed by atoms with E-state index in [1.54, 1.807) is 5.01 Å². The van der Waals surface area contributed by atoms with Crippen molar-refractivity contribution in [2.75, 3.05) is 7.05 Å². The van der Waals surface area contributed by atoms with Gasteiger partial charge in [0.05, 0.1) is 17.1 Å². The Bertz CT molecular complexity index is 470. The van der Waals surface area contributed by atoms with Crippen molar-refractivity contribution in [3.8, 4) is 0 Å². The van der Waals surface area contributed by atoms with E-state index in [-0.39, 0.29) is 0 Å². The SMILES string of the molecule is CC/C(=C(/N)c1ccc(CC2CCCCC2)cn1)N(C)N. The average molecular weight is 288 g/mol. The largest absolute Gasteiger partial charge is 0.396 e. The number of nitrogens with zero attached hydrogens (tertiary/aromatic N) is 2. The summed E-state index contributed by atoms with van der Waals surface area (Å²) >= 11 is 0. The Morgan fingerprint density at radius 1 is 1.29 bits per heavy atom. The highest BCUT2D eigenvalue weighted by atomic mass is 15.4. The van der Waals surface area contributed by atoms with Crippen LogP contribution in [0.3, 0.4) is 0 Å². The van der Waals surface area contributed by atoms with E-state index in [0.29, 0.717) is 5.70 Å². The summed E-state index contributed by atoms with van der Waals surface area (Å²) in [6.07, 6.45) is 10.8. The summed E-state index contributed by atoms with van der Waals surface area (Å²) in [5.74, 6) is 6.64. The van der Waals surface area contributed by atoms with E-state index in [1.807, 2.05) is 26.2 Å². The van der Waals surface area contributed by atoms with Gasteiger partial charge in [-0.05, 0) is 30.4 Å². The van der Waals surface area contributed by atoms with Gasteiger partial charge in [-0.2, -0.15) is 0 Å². The fourth-order valence-electron chi connectivity index (χ4n) is 3.21. The number of nitrogens with two attached hydrogens (primary N) is 2. The molecule has 21 heavy (non-hydrogen) atoms. The molecule has 1 saturated carbocycles. The molecule has 4 nitrogen and oxygen atoms in total. The maximum Gasteiger partial charge on any atom is 0.0877 e. The van der Waals surface area contributed by atoms with Crippen molar-refractivity contribution in [2.45, 2.75) is 51.9 Å². The van der Waals surface area contributed by atoms with Crippen molar-refractivity contribution in [3.63, 3.8) is 0 Å². The molecule has 116 valence electrons. The zero-order chi connectivity index (χ0) is 15.2. The van der Waals surface area contributed by atoms with E-state index < -0.39 is 0 Å². The number of aromatic nitrogens is 1. The summed E-state index contributed by atoms with van der Waals surface area (Å²) in [7, 11) is 1.81. The van der Waals surface area contributed by atoms with E-state index in [1.165, 1.54) is 37.7 Å². The molecule has 0 atom stereocenters. The van der Waals surface area contributed by atoms with Gasteiger partial charge < -0.3 is 10.7 Å². The minimum Gasteiger partial charge on any atom is -0.396 e. The zero-order valence-electron chi connectivity index (χ0n) is 13.3. The van der Waals surface area contributed by atoms with Gasteiger partial charge in [0.15, 0.2) is 0 Å². The maximum absolute atomic E-state index is 6.18. The van der Waals surface area contributed by atoms with Crippen molar-refractivity contribution in [1.82, 2.24) is 9.99 Å². The van der Waals surface area contributed by atoms with E-state index in [4.69, 9.17) is 11.6 Å². The molecule has 0 saturated heterocycles. The molecule has 0 aromatic carbocycles. The molecule has 0 aliphatic heterocycles. The molecular weight excluding hydrogens is 260 g/mol. The molecule has 2 rings (SSSR count). The van der Waals surface area contributed by atoms with Crippen molar-refractivity contribution in [1.29, 1.82) is 0 Å². The molecule has 0 bridgehead atoms. The van der Waals surface area contributed by atoms with E-state index in [2.05, 4.69) is 11.1 Å². The number of rotatable bonds is 5. The predicted molar refractivity (Wildman–Crippen MR) is 87.9 cm³/mol. The van der Waals surface area contributed by atoms with Gasteiger partial charge in [0.25, 0.3) is 0 Å². The van der Waals surface area contributed by atoms with Crippen LogP contribution in [-0.4, -0.2) is 17.0 Å². The third-order valence-corrected chi connectivity index (χ3v) is 4.42. The molecule has 1 aliphatic rings. The third kappa shape index (κ3) is 4.21. The molecule has 0 amide bonds. The standard InChI is InChI=1S/C17H28N4/c1-3-16(21(2)19)17(18)15-10-9-14(12-20-15)11-13-7-5-4-6-8-13/h9-10,12-13H,3-8,11,18-19H2,1-2H3/b17-16-. The third-order valence-electron chi connectivity index (χ3n) is 4.42. The van der Waals surface area contributed by atoms with Crippen LogP contribution in [0.1, 0.15) is 56.7 Å². The monoisotopic (exact) mass is 288 g/mol. The van der Waals surface area contributed by atoms with Crippen LogP contribution in [0.4, 0.5) is 0 Å². The molecule has 1 aliphatic carbocycles. The second-order valence-corrected chi connectivity index (χ2v) is 6.08. The first kappa shape index (κ1) is 15.8. The Labute approximate surface area is 128 Å². The summed E-state index contributed by atoms with van der Waals surface area (Å²) in [5.41, 5.74) is 9.91. The van der Waals surface area contributed by atoms with Gasteiger partial charge >= 0.3 is 0 Å². The zero-order valence-corrected chi connectivity index (χ0v) is 13.3. The molecule has 4 N–H and O–H groups in total. The fourth-order valence-corrected chi connectivity index (χ4v) is 3.21. The van der Waals surface area contributed by atoms with Gasteiger partial charge in [-0.3, -0.25) is 4.98 Å². The predicted octanol–water partition coefficient (Wildman–Crippen LogP) is 3.05. The number of pyridine rings is 1. The van der Waals surface area contributed by atoms with Crippen LogP contribution in [0.15, 0.2) is 24.0 Å². The van der Waals surface area contributed by atoms with Crippen molar-refractivity contribution < 1.29 is 0 Å². The molecule has 1 aromatic heterocycles. The van der Waals surface area contributed by atoms with Gasteiger partial charge in [0.2, 0.25) is 0 Å². The first-order valence-electron chi connectivity index (χ1n) is 8.04. The van der Waals surface area contributed by atoms with Crippen molar-refractivity contribution >= 4 is 5.70 Å². The Morgan fingerprint density at radius 3 is 2.52 bits per heavy atom. The molecule has 0 spiro atoms. The Balaban J connectivity index is 2.07. The van der Waals surface area contributed by atoms with Crippen LogP contribution in [0.25, 0.3) is 5.70 Å². The minimum absolute atomic E-state index is 0.673. The van der Waals surface area contributed by atoms with Gasteiger partial charge in [0.1, 0.15) is 0 Å². The Kier molecular flexibility index (Phi) is 5.62. The summed E-state index contributed by atoms with van der Waals surface area (Å²) in [4.78, 5) is 4.53. The Morgan fingerprint density at radius 2 is 2.00 bits per heavy atom. The summed E-state index contributed by atoms with van der Waals surface area (Å²) < 4.78 is 0. The van der Waals surface area contributed by atoms with Crippen LogP contribution < -0.4 is 11.6 Å². The molecule has 4 heteroatoms. The van der Waals surface area contributed by atoms with Crippen LogP contribution in [-0.2, 0) is 6.42 Å². The van der Waals surface area contributed by atoms with E-state index in [9.17, 15) is 0 Å². The minimum atomic E-state index is 0.673. The summed E-state index contributed by atoms with van der Waals surface area (Å²) in [5, 5.41) is 1.58. The highest BCUT2D eigenvalue weighted by Crippen LogP contribution is 2.27. The quantitative estimate of drug-likeness (QED) is 0.645. The summed E-state index contributed by atoms with van der Waals surface area (Å²) in [6.45, 7) is 2.04. The Hall–Kier alpha value is -1.55. The van der Waals surface area contributed by atoms with E-state index >= 15 is 0 Å². The van der Waals surface area contributed by atoms with Gasteiger partial charge in [0, 0.05) is 13.2 Å². The fraction of sp³-hybridized carbons (Fsp3) is 0.588. The van der Waals surface area contributed by atoms with Gasteiger partial charge in [-0.1, -0.05) is 45.1 Å². The topological polar surface area (TPSA) is 68.2 Å². The molecule has 1 aromatic rings. The molecular formula is C17H28N4. The van der Waals surface area contributed by atoms with Gasteiger partial charge in [-0.25, -0.2) is 5.84 Å². The normalized spacial score (nSPS) is 17.5. The lowest BCUT2D eigenvalue weighted by Crippen LogP contribution is -2.27. The smallest absolute Gasteiger partial charge is 0.0877 e. The van der Waals surface area contributed by atoms with Gasteiger partial charge in [-0.15, -0.1) is 0 Å². The van der Waals surface area contributed by atoms with Crippen molar-refractivity contribution in [3.05, 3.63) is 35.3 Å². The lowest BCUT2D eigenvalue weighted by molar-refractivity contribution is 0.356. The number of hydrazine groups is 1. The molecule has 0 radical (unpaired) electrons. The first-order valence-corrected chi connectivity index (χ1v) is 8.04. The second kappa shape index (κ2) is 7.46. The van der Waals surface area contributed by atoms with Crippen LogP contribution >= 0.6 is 0 Å². The molecule has 1 fully saturated rings. The van der Waals surface area contributed by atoms with Crippen molar-refractivity contribution in [2.24, 2.45) is 17.5 Å². The van der Waals surface area contributed by atoms with E-state index in [0.717, 1.165) is 30.2 Å². The number of allylic oxidation sites excluding steroid dienone is 1. The highest BCUT2D eigenvalue weighted by molar-refractivity contribution is 5.62. The highest BCUT2D eigenvalue weighted by Gasteiger charge is 2.14. The second-order valence-electron chi connectivity index (χ2n) is 6.08. The van der Waals surface area contributed by atoms with Crippen LogP contribution in [0.2, 0.25) is 0 Å².